The lowest BCUT2D eigenvalue weighted by molar-refractivity contribution is 0.165. The molecule has 1 aromatic carbocycles. The van der Waals surface area contributed by atoms with Crippen molar-refractivity contribution in [1.29, 1.82) is 0 Å². The largest absolute Gasteiger partial charge is 0.393 e. The first kappa shape index (κ1) is 13.9. The van der Waals surface area contributed by atoms with E-state index in [0.717, 1.165) is 18.4 Å². The van der Waals surface area contributed by atoms with Crippen LogP contribution in [0.3, 0.4) is 0 Å². The van der Waals surface area contributed by atoms with E-state index in [-0.39, 0.29) is 0 Å². The Morgan fingerprint density at radius 2 is 1.83 bits per heavy atom. The summed E-state index contributed by atoms with van der Waals surface area (Å²) in [5.74, 6) is 0. The Hall–Kier alpha value is -0.540. The Labute approximate surface area is 121 Å². The van der Waals surface area contributed by atoms with Gasteiger partial charge in [-0.25, -0.2) is 0 Å². The number of aliphatic hydroxyl groups excluding tert-OH is 1. The molecule has 2 rings (SSSR count). The molecule has 0 radical (unpaired) electrons. The Morgan fingerprint density at radius 1 is 1.11 bits per heavy atom. The average molecular weight is 301 g/mol. The lowest BCUT2D eigenvalue weighted by atomic mass is 10.0. The van der Waals surface area contributed by atoms with Gasteiger partial charge in [-0.05, 0) is 42.0 Å². The highest BCUT2D eigenvalue weighted by molar-refractivity contribution is 7.09. The minimum atomic E-state index is -0.413. The zero-order chi connectivity index (χ0) is 13.0. The van der Waals surface area contributed by atoms with Gasteiger partial charge in [-0.1, -0.05) is 35.3 Å². The second-order valence-corrected chi connectivity index (χ2v) is 6.02. The van der Waals surface area contributed by atoms with Crippen molar-refractivity contribution in [2.75, 3.05) is 0 Å². The molecule has 0 saturated heterocycles. The van der Waals surface area contributed by atoms with E-state index >= 15 is 0 Å². The van der Waals surface area contributed by atoms with Crippen LogP contribution >= 0.6 is 34.5 Å². The van der Waals surface area contributed by atoms with Crippen molar-refractivity contribution in [3.63, 3.8) is 0 Å². The van der Waals surface area contributed by atoms with Gasteiger partial charge in [0, 0.05) is 21.3 Å². The Kier molecular flexibility index (Phi) is 5.07. The summed E-state index contributed by atoms with van der Waals surface area (Å²) in [6, 6.07) is 9.52. The summed E-state index contributed by atoms with van der Waals surface area (Å²) >= 11 is 13.9. The first-order valence-electron chi connectivity index (χ1n) is 5.80. The number of aliphatic hydroxyl groups is 1. The van der Waals surface area contributed by atoms with Gasteiger partial charge in [-0.2, -0.15) is 0 Å². The molecular formula is C14H14Cl2OS. The molecule has 0 fully saturated rings. The number of halogens is 2. The molecule has 1 atom stereocenters. The first-order chi connectivity index (χ1) is 8.66. The second kappa shape index (κ2) is 6.58. The van der Waals surface area contributed by atoms with Crippen LogP contribution in [0, 0.1) is 0 Å². The molecule has 1 unspecified atom stereocenters. The molecule has 1 aromatic heterocycles. The molecule has 1 heterocycles. The summed E-state index contributed by atoms with van der Waals surface area (Å²) in [5.41, 5.74) is 0.833. The maximum atomic E-state index is 10.0. The number of rotatable bonds is 5. The van der Waals surface area contributed by atoms with E-state index in [4.69, 9.17) is 23.2 Å². The third-order valence-electron chi connectivity index (χ3n) is 2.81. The van der Waals surface area contributed by atoms with E-state index in [9.17, 15) is 5.11 Å². The van der Waals surface area contributed by atoms with Crippen molar-refractivity contribution in [1.82, 2.24) is 0 Å². The predicted molar refractivity (Wildman–Crippen MR) is 78.8 cm³/mol. The molecule has 0 aliphatic heterocycles. The molecule has 18 heavy (non-hydrogen) atoms. The van der Waals surface area contributed by atoms with E-state index in [1.165, 1.54) is 4.88 Å². The van der Waals surface area contributed by atoms with Crippen molar-refractivity contribution < 1.29 is 5.11 Å². The molecule has 0 amide bonds. The van der Waals surface area contributed by atoms with Crippen molar-refractivity contribution in [2.24, 2.45) is 0 Å². The molecule has 0 saturated carbocycles. The van der Waals surface area contributed by atoms with Gasteiger partial charge in [-0.3, -0.25) is 0 Å². The molecule has 0 bridgehead atoms. The molecular weight excluding hydrogens is 287 g/mol. The predicted octanol–water partition coefficient (Wildman–Crippen LogP) is 4.59. The smallest absolute Gasteiger partial charge is 0.0585 e. The van der Waals surface area contributed by atoms with Crippen LogP contribution in [-0.2, 0) is 12.8 Å². The average Bonchev–Trinajstić information content (AvgIpc) is 2.84. The van der Waals surface area contributed by atoms with Crippen LogP contribution in [-0.4, -0.2) is 11.2 Å². The van der Waals surface area contributed by atoms with Crippen molar-refractivity contribution in [3.05, 3.63) is 56.2 Å². The van der Waals surface area contributed by atoms with E-state index in [1.54, 1.807) is 23.5 Å². The van der Waals surface area contributed by atoms with Gasteiger partial charge >= 0.3 is 0 Å². The number of hydrogen-bond acceptors (Lipinski definition) is 2. The first-order valence-corrected chi connectivity index (χ1v) is 7.43. The van der Waals surface area contributed by atoms with Crippen molar-refractivity contribution >= 4 is 34.5 Å². The number of benzene rings is 1. The van der Waals surface area contributed by atoms with Crippen LogP contribution in [0.5, 0.6) is 0 Å². The summed E-state index contributed by atoms with van der Waals surface area (Å²) < 4.78 is 0. The zero-order valence-corrected chi connectivity index (χ0v) is 12.1. The molecule has 0 aliphatic carbocycles. The molecule has 96 valence electrons. The highest BCUT2D eigenvalue weighted by Crippen LogP contribution is 2.26. The van der Waals surface area contributed by atoms with Crippen LogP contribution in [0.15, 0.2) is 35.7 Å². The molecule has 0 aliphatic rings. The van der Waals surface area contributed by atoms with Crippen LogP contribution in [0.25, 0.3) is 0 Å². The van der Waals surface area contributed by atoms with Gasteiger partial charge in [0.2, 0.25) is 0 Å². The van der Waals surface area contributed by atoms with Gasteiger partial charge < -0.3 is 5.11 Å². The topological polar surface area (TPSA) is 20.2 Å². The Bertz CT molecular complexity index is 476. The van der Waals surface area contributed by atoms with E-state index in [0.29, 0.717) is 16.5 Å². The van der Waals surface area contributed by atoms with E-state index in [2.05, 4.69) is 6.07 Å². The lowest BCUT2D eigenvalue weighted by Crippen LogP contribution is -2.12. The SMILES string of the molecule is OC(CCc1cccs1)Cc1c(Cl)cccc1Cl. The van der Waals surface area contributed by atoms with Gasteiger partial charge in [-0.15, -0.1) is 11.3 Å². The highest BCUT2D eigenvalue weighted by Gasteiger charge is 2.12. The fourth-order valence-electron chi connectivity index (χ4n) is 1.83. The van der Waals surface area contributed by atoms with Crippen LogP contribution < -0.4 is 0 Å². The summed E-state index contributed by atoms with van der Waals surface area (Å²) in [6.07, 6.45) is 1.71. The van der Waals surface area contributed by atoms with Crippen molar-refractivity contribution in [3.8, 4) is 0 Å². The summed E-state index contributed by atoms with van der Waals surface area (Å²) in [4.78, 5) is 1.29. The number of aryl methyl sites for hydroxylation is 1. The van der Waals surface area contributed by atoms with Gasteiger partial charge in [0.25, 0.3) is 0 Å². The summed E-state index contributed by atoms with van der Waals surface area (Å²) in [7, 11) is 0. The Balaban J connectivity index is 1.92. The molecule has 2 aromatic rings. The maximum absolute atomic E-state index is 10.0. The fraction of sp³-hybridized carbons (Fsp3) is 0.286. The number of thiophene rings is 1. The maximum Gasteiger partial charge on any atom is 0.0585 e. The lowest BCUT2D eigenvalue weighted by Gasteiger charge is -2.12. The molecule has 1 N–H and O–H groups in total. The quantitative estimate of drug-likeness (QED) is 0.856. The van der Waals surface area contributed by atoms with E-state index in [1.807, 2.05) is 17.5 Å². The highest BCUT2D eigenvalue weighted by atomic mass is 35.5. The van der Waals surface area contributed by atoms with Crippen molar-refractivity contribution in [2.45, 2.75) is 25.4 Å². The minimum absolute atomic E-state index is 0.413. The third kappa shape index (κ3) is 3.72. The van der Waals surface area contributed by atoms with Gasteiger partial charge in [0.1, 0.15) is 0 Å². The zero-order valence-electron chi connectivity index (χ0n) is 9.77. The standard InChI is InChI=1S/C14H14Cl2OS/c15-13-4-1-5-14(16)12(13)9-10(17)6-7-11-3-2-8-18-11/h1-5,8,10,17H,6-7,9H2. The second-order valence-electron chi connectivity index (χ2n) is 4.18. The third-order valence-corrected chi connectivity index (χ3v) is 4.45. The minimum Gasteiger partial charge on any atom is -0.393 e. The van der Waals surface area contributed by atoms with Crippen LogP contribution in [0.2, 0.25) is 10.0 Å². The van der Waals surface area contributed by atoms with Gasteiger partial charge in [0.15, 0.2) is 0 Å². The summed E-state index contributed by atoms with van der Waals surface area (Å²) in [5, 5.41) is 13.3. The van der Waals surface area contributed by atoms with E-state index < -0.39 is 6.10 Å². The monoisotopic (exact) mass is 300 g/mol. The molecule has 1 nitrogen and oxygen atoms in total. The van der Waals surface area contributed by atoms with Crippen LogP contribution in [0.1, 0.15) is 16.9 Å². The Morgan fingerprint density at radius 3 is 2.44 bits per heavy atom. The number of hydrogen-bond donors (Lipinski definition) is 1. The fourth-order valence-corrected chi connectivity index (χ4v) is 3.11. The normalized spacial score (nSPS) is 12.6. The van der Waals surface area contributed by atoms with Crippen LogP contribution in [0.4, 0.5) is 0 Å². The summed E-state index contributed by atoms with van der Waals surface area (Å²) in [6.45, 7) is 0. The molecule has 4 heteroatoms. The van der Waals surface area contributed by atoms with Gasteiger partial charge in [0.05, 0.1) is 6.10 Å². The molecule has 0 spiro atoms.